The standard InChI is InChI=1S/C15H19N3O2S/c1-11-3-2-4-12(9-11)7-8-18-14-6-5-13(16)10-15(14)21(17,19)20/h2-6,9-10,18H,7-8,16H2,1H3,(H2,17,19,20). The van der Waals surface area contributed by atoms with Crippen LogP contribution < -0.4 is 16.2 Å². The first-order valence-corrected chi connectivity index (χ1v) is 8.12. The molecule has 0 heterocycles. The van der Waals surface area contributed by atoms with Gasteiger partial charge in [-0.2, -0.15) is 0 Å². The maximum atomic E-state index is 11.6. The van der Waals surface area contributed by atoms with Crippen molar-refractivity contribution in [2.24, 2.45) is 5.14 Å². The first-order valence-electron chi connectivity index (χ1n) is 6.58. The van der Waals surface area contributed by atoms with Crippen LogP contribution in [-0.4, -0.2) is 15.0 Å². The van der Waals surface area contributed by atoms with Gasteiger partial charge < -0.3 is 11.1 Å². The monoisotopic (exact) mass is 305 g/mol. The van der Waals surface area contributed by atoms with E-state index in [1.807, 2.05) is 25.1 Å². The highest BCUT2D eigenvalue weighted by atomic mass is 32.2. The highest BCUT2D eigenvalue weighted by Crippen LogP contribution is 2.22. The molecule has 112 valence electrons. The Balaban J connectivity index is 2.10. The highest BCUT2D eigenvalue weighted by molar-refractivity contribution is 7.89. The van der Waals surface area contributed by atoms with Crippen LogP contribution in [0.1, 0.15) is 11.1 Å². The number of primary sulfonamides is 1. The topological polar surface area (TPSA) is 98.2 Å². The molecule has 0 aliphatic rings. The average Bonchev–Trinajstić information content (AvgIpc) is 2.39. The number of sulfonamides is 1. The lowest BCUT2D eigenvalue weighted by atomic mass is 10.1. The van der Waals surface area contributed by atoms with Gasteiger partial charge in [-0.1, -0.05) is 29.8 Å². The molecule has 0 fully saturated rings. The SMILES string of the molecule is Cc1cccc(CCNc2ccc(N)cc2S(N)(=O)=O)c1. The van der Waals surface area contributed by atoms with E-state index in [1.165, 1.54) is 17.2 Å². The minimum Gasteiger partial charge on any atom is -0.399 e. The summed E-state index contributed by atoms with van der Waals surface area (Å²) in [4.78, 5) is 0.0201. The van der Waals surface area contributed by atoms with Crippen LogP contribution in [0.5, 0.6) is 0 Å². The molecular formula is C15H19N3O2S. The Hall–Kier alpha value is -2.05. The number of aryl methyl sites for hydroxylation is 1. The van der Waals surface area contributed by atoms with Crippen molar-refractivity contribution in [3.8, 4) is 0 Å². The molecule has 5 N–H and O–H groups in total. The van der Waals surface area contributed by atoms with Gasteiger partial charge in [-0.15, -0.1) is 0 Å². The molecule has 0 unspecified atom stereocenters. The normalized spacial score (nSPS) is 11.3. The smallest absolute Gasteiger partial charge is 0.240 e. The summed E-state index contributed by atoms with van der Waals surface area (Å²) in [6, 6.07) is 12.8. The predicted octanol–water partition coefficient (Wildman–Crippen LogP) is 1.88. The minimum absolute atomic E-state index is 0.0201. The highest BCUT2D eigenvalue weighted by Gasteiger charge is 2.14. The van der Waals surface area contributed by atoms with E-state index in [0.29, 0.717) is 17.9 Å². The molecule has 2 aromatic rings. The molecule has 0 saturated heterocycles. The molecule has 0 amide bonds. The fourth-order valence-corrected chi connectivity index (χ4v) is 2.88. The molecule has 0 radical (unpaired) electrons. The second-order valence-corrected chi connectivity index (χ2v) is 6.50. The molecule has 21 heavy (non-hydrogen) atoms. The number of hydrogen-bond acceptors (Lipinski definition) is 4. The van der Waals surface area contributed by atoms with E-state index in [2.05, 4.69) is 11.4 Å². The first-order chi connectivity index (χ1) is 9.86. The van der Waals surface area contributed by atoms with E-state index in [9.17, 15) is 8.42 Å². The Kier molecular flexibility index (Phi) is 4.50. The fraction of sp³-hybridized carbons (Fsp3) is 0.200. The molecule has 2 aromatic carbocycles. The maximum Gasteiger partial charge on any atom is 0.240 e. The van der Waals surface area contributed by atoms with Crippen molar-refractivity contribution in [1.29, 1.82) is 0 Å². The molecule has 2 rings (SSSR count). The zero-order chi connectivity index (χ0) is 15.5. The zero-order valence-electron chi connectivity index (χ0n) is 11.8. The van der Waals surface area contributed by atoms with Crippen molar-refractivity contribution >= 4 is 21.4 Å². The minimum atomic E-state index is -3.80. The zero-order valence-corrected chi connectivity index (χ0v) is 12.7. The van der Waals surface area contributed by atoms with Crippen molar-refractivity contribution in [1.82, 2.24) is 0 Å². The lowest BCUT2D eigenvalue weighted by Gasteiger charge is -2.11. The van der Waals surface area contributed by atoms with Crippen LogP contribution in [0.25, 0.3) is 0 Å². The summed E-state index contributed by atoms with van der Waals surface area (Å²) in [6.07, 6.45) is 0.788. The van der Waals surface area contributed by atoms with E-state index >= 15 is 0 Å². The molecule has 0 spiro atoms. The second-order valence-electron chi connectivity index (χ2n) is 4.97. The van der Waals surface area contributed by atoms with Gasteiger partial charge in [0.15, 0.2) is 0 Å². The van der Waals surface area contributed by atoms with Crippen LogP contribution in [0.4, 0.5) is 11.4 Å². The van der Waals surface area contributed by atoms with Gasteiger partial charge in [-0.3, -0.25) is 0 Å². The van der Waals surface area contributed by atoms with Gasteiger partial charge in [0, 0.05) is 12.2 Å². The molecular weight excluding hydrogens is 286 g/mol. The summed E-state index contributed by atoms with van der Waals surface area (Å²) >= 11 is 0. The summed E-state index contributed by atoms with van der Waals surface area (Å²) in [5, 5.41) is 8.31. The maximum absolute atomic E-state index is 11.6. The first kappa shape index (κ1) is 15.3. The molecule has 6 heteroatoms. The number of anilines is 2. The van der Waals surface area contributed by atoms with Gasteiger partial charge in [-0.05, 0) is 37.1 Å². The summed E-state index contributed by atoms with van der Waals surface area (Å²) in [5.74, 6) is 0. The summed E-state index contributed by atoms with van der Waals surface area (Å²) in [7, 11) is -3.80. The number of nitrogen functional groups attached to an aromatic ring is 1. The third-order valence-electron chi connectivity index (χ3n) is 3.12. The molecule has 0 saturated carbocycles. The Morgan fingerprint density at radius 2 is 1.90 bits per heavy atom. The van der Waals surface area contributed by atoms with E-state index < -0.39 is 10.0 Å². The second kappa shape index (κ2) is 6.15. The van der Waals surface area contributed by atoms with E-state index in [0.717, 1.165) is 6.42 Å². The molecule has 0 bridgehead atoms. The van der Waals surface area contributed by atoms with Gasteiger partial charge >= 0.3 is 0 Å². The van der Waals surface area contributed by atoms with Gasteiger partial charge in [0.25, 0.3) is 0 Å². The van der Waals surface area contributed by atoms with Crippen LogP contribution in [0, 0.1) is 6.92 Å². The van der Waals surface area contributed by atoms with Gasteiger partial charge in [-0.25, -0.2) is 13.6 Å². The van der Waals surface area contributed by atoms with E-state index in [1.54, 1.807) is 12.1 Å². The number of nitrogens with one attached hydrogen (secondary N) is 1. The van der Waals surface area contributed by atoms with Crippen LogP contribution in [-0.2, 0) is 16.4 Å². The largest absolute Gasteiger partial charge is 0.399 e. The van der Waals surface area contributed by atoms with Crippen LogP contribution >= 0.6 is 0 Å². The van der Waals surface area contributed by atoms with Gasteiger partial charge in [0.2, 0.25) is 10.0 Å². The average molecular weight is 305 g/mol. The Morgan fingerprint density at radius 3 is 2.57 bits per heavy atom. The van der Waals surface area contributed by atoms with Crippen LogP contribution in [0.2, 0.25) is 0 Å². The van der Waals surface area contributed by atoms with E-state index in [-0.39, 0.29) is 4.90 Å². The van der Waals surface area contributed by atoms with E-state index in [4.69, 9.17) is 10.9 Å². The lowest BCUT2D eigenvalue weighted by molar-refractivity contribution is 0.598. The van der Waals surface area contributed by atoms with Gasteiger partial charge in [0.05, 0.1) is 5.69 Å². The van der Waals surface area contributed by atoms with Crippen molar-refractivity contribution in [3.63, 3.8) is 0 Å². The summed E-state index contributed by atoms with van der Waals surface area (Å²) in [6.45, 7) is 2.64. The predicted molar refractivity (Wildman–Crippen MR) is 85.6 cm³/mol. The van der Waals surface area contributed by atoms with Crippen molar-refractivity contribution in [2.75, 3.05) is 17.6 Å². The number of rotatable bonds is 5. The third-order valence-corrected chi connectivity index (χ3v) is 4.07. The number of benzene rings is 2. The lowest BCUT2D eigenvalue weighted by Crippen LogP contribution is -2.16. The molecule has 0 aliphatic heterocycles. The Bertz CT molecular complexity index is 742. The molecule has 0 atom stereocenters. The van der Waals surface area contributed by atoms with Gasteiger partial charge in [0.1, 0.15) is 4.90 Å². The van der Waals surface area contributed by atoms with Crippen LogP contribution in [0.15, 0.2) is 47.4 Å². The third kappa shape index (κ3) is 4.21. The quantitative estimate of drug-likeness (QED) is 0.734. The Labute approximate surface area is 125 Å². The molecule has 5 nitrogen and oxygen atoms in total. The van der Waals surface area contributed by atoms with Crippen molar-refractivity contribution in [3.05, 3.63) is 53.6 Å². The summed E-state index contributed by atoms with van der Waals surface area (Å²) < 4.78 is 23.1. The molecule has 0 aromatic heterocycles. The van der Waals surface area contributed by atoms with Crippen LogP contribution in [0.3, 0.4) is 0 Å². The van der Waals surface area contributed by atoms with Crippen molar-refractivity contribution in [2.45, 2.75) is 18.2 Å². The van der Waals surface area contributed by atoms with Crippen molar-refractivity contribution < 1.29 is 8.42 Å². The Morgan fingerprint density at radius 1 is 1.14 bits per heavy atom. The fourth-order valence-electron chi connectivity index (χ4n) is 2.13. The molecule has 0 aliphatic carbocycles. The number of nitrogens with two attached hydrogens (primary N) is 2. The number of hydrogen-bond donors (Lipinski definition) is 3. The summed E-state index contributed by atoms with van der Waals surface area (Å²) in [5.41, 5.74) is 8.84.